The van der Waals surface area contributed by atoms with Gasteiger partial charge in [0.1, 0.15) is 0 Å². The number of rotatable bonds is 3. The smallest absolute Gasteiger partial charge is 0.254 e. The molecule has 1 amide bonds. The van der Waals surface area contributed by atoms with Crippen LogP contribution in [-0.2, 0) is 0 Å². The third-order valence-electron chi connectivity index (χ3n) is 4.36. The molecule has 1 aromatic carbocycles. The largest absolute Gasteiger partial charge is 0.454 e. The highest BCUT2D eigenvalue weighted by Crippen LogP contribution is 2.34. The number of carbonyl (C=O) groups excluding carboxylic acids is 1. The molecule has 25 heavy (non-hydrogen) atoms. The molecule has 126 valence electrons. The highest BCUT2D eigenvalue weighted by atomic mass is 32.1. The Morgan fingerprint density at radius 2 is 2.08 bits per heavy atom. The monoisotopic (exact) mass is 355 g/mol. The van der Waals surface area contributed by atoms with E-state index in [1.54, 1.807) is 34.4 Å². The van der Waals surface area contributed by atoms with Crippen LogP contribution in [0.4, 0.5) is 0 Å². The van der Waals surface area contributed by atoms with E-state index in [4.69, 9.17) is 14.0 Å². The molecule has 5 rings (SSSR count). The first kappa shape index (κ1) is 14.5. The Balaban J connectivity index is 1.26. The third-order valence-corrected chi connectivity index (χ3v) is 5.04. The maximum atomic E-state index is 12.6. The minimum absolute atomic E-state index is 0.0351. The van der Waals surface area contributed by atoms with Crippen molar-refractivity contribution in [3.05, 3.63) is 46.5 Å². The van der Waals surface area contributed by atoms with Crippen LogP contribution in [0.3, 0.4) is 0 Å². The average Bonchev–Trinajstić information content (AvgIpc) is 3.33. The number of thiophene rings is 1. The normalized spacial score (nSPS) is 16.1. The summed E-state index contributed by atoms with van der Waals surface area (Å²) in [5.74, 6) is 2.50. The van der Waals surface area contributed by atoms with Crippen LogP contribution in [-0.4, -0.2) is 40.8 Å². The van der Waals surface area contributed by atoms with Gasteiger partial charge in [0.15, 0.2) is 11.5 Å². The van der Waals surface area contributed by atoms with Crippen molar-refractivity contribution in [1.29, 1.82) is 0 Å². The fraction of sp³-hybridized carbons (Fsp3) is 0.235. The van der Waals surface area contributed by atoms with E-state index in [0.717, 1.165) is 5.56 Å². The van der Waals surface area contributed by atoms with Gasteiger partial charge in [-0.3, -0.25) is 4.79 Å². The lowest BCUT2D eigenvalue weighted by Gasteiger charge is -2.37. The lowest BCUT2D eigenvalue weighted by molar-refractivity contribution is 0.0569. The maximum Gasteiger partial charge on any atom is 0.254 e. The molecule has 3 aromatic rings. The standard InChI is InChI=1S/C17H13N3O4S/c21-17(10-1-2-13-14(5-10)23-9-22-13)20-6-12(7-20)16-18-15(19-24-16)11-3-4-25-8-11/h1-5,8,12H,6-7,9H2. The first-order valence-corrected chi connectivity index (χ1v) is 8.77. The second-order valence-electron chi connectivity index (χ2n) is 5.94. The molecule has 8 heteroatoms. The van der Waals surface area contributed by atoms with Crippen LogP contribution in [0.15, 0.2) is 39.5 Å². The van der Waals surface area contributed by atoms with E-state index in [1.807, 2.05) is 16.8 Å². The van der Waals surface area contributed by atoms with Crippen molar-refractivity contribution in [3.63, 3.8) is 0 Å². The summed E-state index contributed by atoms with van der Waals surface area (Å²) in [5.41, 5.74) is 1.54. The number of hydrogen-bond donors (Lipinski definition) is 0. The van der Waals surface area contributed by atoms with Crippen LogP contribution >= 0.6 is 11.3 Å². The molecule has 2 aliphatic heterocycles. The molecule has 0 N–H and O–H groups in total. The van der Waals surface area contributed by atoms with E-state index < -0.39 is 0 Å². The zero-order valence-corrected chi connectivity index (χ0v) is 13.9. The lowest BCUT2D eigenvalue weighted by atomic mass is 9.98. The molecule has 1 saturated heterocycles. The topological polar surface area (TPSA) is 77.7 Å². The van der Waals surface area contributed by atoms with Crippen molar-refractivity contribution >= 4 is 17.2 Å². The minimum Gasteiger partial charge on any atom is -0.454 e. The molecular formula is C17H13N3O4S. The number of aromatic nitrogens is 2. The second kappa shape index (κ2) is 5.59. The van der Waals surface area contributed by atoms with Crippen molar-refractivity contribution in [2.45, 2.75) is 5.92 Å². The van der Waals surface area contributed by atoms with Crippen molar-refractivity contribution < 1.29 is 18.8 Å². The molecule has 1 fully saturated rings. The van der Waals surface area contributed by atoms with Crippen LogP contribution < -0.4 is 9.47 Å². The predicted molar refractivity (Wildman–Crippen MR) is 88.8 cm³/mol. The SMILES string of the molecule is O=C(c1ccc2c(c1)OCO2)N1CC(c2nc(-c3ccsc3)no2)C1. The number of amides is 1. The van der Waals surface area contributed by atoms with Crippen molar-refractivity contribution in [1.82, 2.24) is 15.0 Å². The summed E-state index contributed by atoms with van der Waals surface area (Å²) in [5, 5.41) is 7.97. The number of fused-ring (bicyclic) bond motifs is 1. The summed E-state index contributed by atoms with van der Waals surface area (Å²) in [7, 11) is 0. The number of nitrogens with zero attached hydrogens (tertiary/aromatic N) is 3. The van der Waals surface area contributed by atoms with Gasteiger partial charge in [-0.15, -0.1) is 0 Å². The number of carbonyl (C=O) groups is 1. The van der Waals surface area contributed by atoms with Gasteiger partial charge in [0.2, 0.25) is 18.5 Å². The van der Waals surface area contributed by atoms with E-state index in [-0.39, 0.29) is 18.6 Å². The highest BCUT2D eigenvalue weighted by Gasteiger charge is 2.36. The number of benzene rings is 1. The summed E-state index contributed by atoms with van der Waals surface area (Å²) in [6, 6.07) is 7.19. The van der Waals surface area contributed by atoms with Gasteiger partial charge < -0.3 is 18.9 Å². The molecule has 2 aliphatic rings. The van der Waals surface area contributed by atoms with Crippen LogP contribution in [0.25, 0.3) is 11.4 Å². The fourth-order valence-electron chi connectivity index (χ4n) is 2.92. The fourth-order valence-corrected chi connectivity index (χ4v) is 3.56. The molecule has 0 unspecified atom stereocenters. The van der Waals surface area contributed by atoms with E-state index >= 15 is 0 Å². The highest BCUT2D eigenvalue weighted by molar-refractivity contribution is 7.08. The van der Waals surface area contributed by atoms with Gasteiger partial charge in [0.25, 0.3) is 5.91 Å². The van der Waals surface area contributed by atoms with Gasteiger partial charge in [-0.05, 0) is 29.6 Å². The molecule has 0 bridgehead atoms. The average molecular weight is 355 g/mol. The Bertz CT molecular complexity index is 931. The Hall–Kier alpha value is -2.87. The Morgan fingerprint density at radius 3 is 2.92 bits per heavy atom. The van der Waals surface area contributed by atoms with Crippen LogP contribution in [0, 0.1) is 0 Å². The molecular weight excluding hydrogens is 342 g/mol. The molecule has 2 aromatic heterocycles. The first-order valence-electron chi connectivity index (χ1n) is 7.83. The lowest BCUT2D eigenvalue weighted by Crippen LogP contribution is -2.48. The minimum atomic E-state index is -0.0351. The predicted octanol–water partition coefficient (Wildman–Crippen LogP) is 2.77. The third kappa shape index (κ3) is 2.45. The Kier molecular flexibility index (Phi) is 3.24. The maximum absolute atomic E-state index is 12.6. The van der Waals surface area contributed by atoms with Gasteiger partial charge in [0.05, 0.1) is 5.92 Å². The van der Waals surface area contributed by atoms with Crippen LogP contribution in [0.1, 0.15) is 22.2 Å². The van der Waals surface area contributed by atoms with E-state index in [9.17, 15) is 4.79 Å². The van der Waals surface area contributed by atoms with E-state index in [1.165, 1.54) is 0 Å². The Morgan fingerprint density at radius 1 is 1.20 bits per heavy atom. The molecule has 0 aliphatic carbocycles. The molecule has 4 heterocycles. The van der Waals surface area contributed by atoms with Gasteiger partial charge in [-0.2, -0.15) is 16.3 Å². The van der Waals surface area contributed by atoms with Crippen LogP contribution in [0.2, 0.25) is 0 Å². The second-order valence-corrected chi connectivity index (χ2v) is 6.72. The zero-order valence-electron chi connectivity index (χ0n) is 13.0. The van der Waals surface area contributed by atoms with Gasteiger partial charge >= 0.3 is 0 Å². The molecule has 0 radical (unpaired) electrons. The molecule has 0 saturated carbocycles. The first-order chi connectivity index (χ1) is 12.3. The van der Waals surface area contributed by atoms with E-state index in [0.29, 0.717) is 41.9 Å². The summed E-state index contributed by atoms with van der Waals surface area (Å²) in [6.07, 6.45) is 0. The molecule has 7 nitrogen and oxygen atoms in total. The Labute approximate surface area is 146 Å². The number of ether oxygens (including phenoxy) is 2. The summed E-state index contributed by atoms with van der Waals surface area (Å²) < 4.78 is 15.9. The summed E-state index contributed by atoms with van der Waals surface area (Å²) in [4.78, 5) is 18.8. The zero-order chi connectivity index (χ0) is 16.8. The van der Waals surface area contributed by atoms with Gasteiger partial charge in [0, 0.05) is 29.6 Å². The summed E-state index contributed by atoms with van der Waals surface area (Å²) >= 11 is 1.59. The van der Waals surface area contributed by atoms with Crippen molar-refractivity contribution in [2.24, 2.45) is 0 Å². The number of hydrogen-bond acceptors (Lipinski definition) is 7. The quantitative estimate of drug-likeness (QED) is 0.719. The van der Waals surface area contributed by atoms with Gasteiger partial charge in [-0.1, -0.05) is 5.16 Å². The van der Waals surface area contributed by atoms with Crippen molar-refractivity contribution in [2.75, 3.05) is 19.9 Å². The summed E-state index contributed by atoms with van der Waals surface area (Å²) in [6.45, 7) is 1.33. The molecule has 0 spiro atoms. The number of likely N-dealkylation sites (tertiary alicyclic amines) is 1. The van der Waals surface area contributed by atoms with Gasteiger partial charge in [-0.25, -0.2) is 0 Å². The van der Waals surface area contributed by atoms with Crippen molar-refractivity contribution in [3.8, 4) is 22.9 Å². The van der Waals surface area contributed by atoms with E-state index in [2.05, 4.69) is 10.1 Å². The molecule has 0 atom stereocenters. The van der Waals surface area contributed by atoms with Crippen LogP contribution in [0.5, 0.6) is 11.5 Å².